The molecule has 1 aliphatic rings. The maximum Gasteiger partial charge on any atom is 0.265 e. The van der Waals surface area contributed by atoms with Crippen LogP contribution in [0.3, 0.4) is 0 Å². The third-order valence-corrected chi connectivity index (χ3v) is 2.58. The van der Waals surface area contributed by atoms with Crippen LogP contribution in [0.1, 0.15) is 12.0 Å². The molecule has 1 unspecified atom stereocenters. The Morgan fingerprint density at radius 2 is 2.31 bits per heavy atom. The third kappa shape index (κ3) is 2.02. The van der Waals surface area contributed by atoms with Crippen LogP contribution in [0, 0.1) is 0 Å². The van der Waals surface area contributed by atoms with E-state index in [4.69, 9.17) is 21.2 Å². The minimum absolute atomic E-state index is 0.378. The standard InChI is InChI=1S/C11H10ClNO3/c1-15-9-5-3-2-4-7(9)8-6-10(11(12)14)16-13-8/h2-5,10H,6H2,1H3. The van der Waals surface area contributed by atoms with Gasteiger partial charge in [0.15, 0.2) is 0 Å². The van der Waals surface area contributed by atoms with Crippen molar-refractivity contribution in [2.75, 3.05) is 7.11 Å². The van der Waals surface area contributed by atoms with Crippen LogP contribution in [0.4, 0.5) is 0 Å². The van der Waals surface area contributed by atoms with Crippen molar-refractivity contribution in [2.24, 2.45) is 5.16 Å². The third-order valence-electron chi connectivity index (χ3n) is 2.34. The summed E-state index contributed by atoms with van der Waals surface area (Å²) in [6.07, 6.45) is -0.301. The number of halogens is 1. The fourth-order valence-corrected chi connectivity index (χ4v) is 1.66. The second-order valence-electron chi connectivity index (χ2n) is 3.34. The Bertz CT molecular complexity index is 445. The zero-order valence-corrected chi connectivity index (χ0v) is 9.40. The molecule has 0 N–H and O–H groups in total. The lowest BCUT2D eigenvalue weighted by molar-refractivity contribution is -0.120. The Labute approximate surface area is 97.8 Å². The van der Waals surface area contributed by atoms with Crippen LogP contribution in [0.25, 0.3) is 0 Å². The molecule has 0 spiro atoms. The van der Waals surface area contributed by atoms with E-state index in [1.54, 1.807) is 7.11 Å². The van der Waals surface area contributed by atoms with Gasteiger partial charge in [-0.25, -0.2) is 0 Å². The molecule has 5 heteroatoms. The predicted molar refractivity (Wildman–Crippen MR) is 59.9 cm³/mol. The highest BCUT2D eigenvalue weighted by molar-refractivity contribution is 6.64. The highest BCUT2D eigenvalue weighted by Crippen LogP contribution is 2.25. The van der Waals surface area contributed by atoms with E-state index in [0.29, 0.717) is 17.9 Å². The number of para-hydroxylation sites is 1. The summed E-state index contributed by atoms with van der Waals surface area (Å²) in [4.78, 5) is 15.8. The molecule has 0 saturated carbocycles. The first-order valence-corrected chi connectivity index (χ1v) is 5.15. The topological polar surface area (TPSA) is 47.9 Å². The Hall–Kier alpha value is -1.55. The second-order valence-corrected chi connectivity index (χ2v) is 3.71. The normalized spacial score (nSPS) is 18.9. The van der Waals surface area contributed by atoms with Crippen LogP contribution in [-0.2, 0) is 9.63 Å². The Kier molecular flexibility index (Phi) is 3.10. The van der Waals surface area contributed by atoms with E-state index in [0.717, 1.165) is 5.56 Å². The lowest BCUT2D eigenvalue weighted by Gasteiger charge is -2.06. The molecule has 4 nitrogen and oxygen atoms in total. The zero-order valence-electron chi connectivity index (χ0n) is 8.64. The minimum Gasteiger partial charge on any atom is -0.496 e. The maximum atomic E-state index is 10.9. The highest BCUT2D eigenvalue weighted by Gasteiger charge is 2.28. The first kappa shape index (κ1) is 11.0. The van der Waals surface area contributed by atoms with Crippen LogP contribution in [-0.4, -0.2) is 24.2 Å². The molecular formula is C11H10ClNO3. The van der Waals surface area contributed by atoms with Crippen LogP contribution >= 0.6 is 11.6 Å². The van der Waals surface area contributed by atoms with Crippen molar-refractivity contribution in [3.8, 4) is 5.75 Å². The van der Waals surface area contributed by atoms with E-state index in [-0.39, 0.29) is 0 Å². The molecule has 0 amide bonds. The average Bonchev–Trinajstić information content (AvgIpc) is 2.78. The fourth-order valence-electron chi connectivity index (χ4n) is 1.54. The number of hydrogen-bond donors (Lipinski definition) is 0. The number of hydrogen-bond acceptors (Lipinski definition) is 4. The van der Waals surface area contributed by atoms with Gasteiger partial charge >= 0.3 is 0 Å². The molecule has 1 aliphatic heterocycles. The average molecular weight is 240 g/mol. The summed E-state index contributed by atoms with van der Waals surface area (Å²) in [5.41, 5.74) is 1.50. The van der Waals surface area contributed by atoms with Gasteiger partial charge < -0.3 is 9.57 Å². The lowest BCUT2D eigenvalue weighted by Crippen LogP contribution is -2.15. The zero-order chi connectivity index (χ0) is 11.5. The monoisotopic (exact) mass is 239 g/mol. The number of nitrogens with zero attached hydrogens (tertiary/aromatic N) is 1. The number of methoxy groups -OCH3 is 1. The summed E-state index contributed by atoms with van der Waals surface area (Å²) >= 11 is 5.34. The van der Waals surface area contributed by atoms with Crippen LogP contribution < -0.4 is 4.74 Å². The van der Waals surface area contributed by atoms with E-state index in [9.17, 15) is 4.79 Å². The van der Waals surface area contributed by atoms with Crippen molar-refractivity contribution >= 4 is 22.6 Å². The number of rotatable bonds is 3. The van der Waals surface area contributed by atoms with E-state index >= 15 is 0 Å². The molecule has 0 bridgehead atoms. The van der Waals surface area contributed by atoms with Gasteiger partial charge in [-0.15, -0.1) is 0 Å². The molecule has 1 atom stereocenters. The summed E-state index contributed by atoms with van der Waals surface area (Å²) in [6.45, 7) is 0. The Morgan fingerprint density at radius 3 is 2.94 bits per heavy atom. The molecule has 1 aromatic carbocycles. The molecule has 0 fully saturated rings. The van der Waals surface area contributed by atoms with Gasteiger partial charge in [0.05, 0.1) is 12.8 Å². The van der Waals surface area contributed by atoms with Crippen molar-refractivity contribution in [3.05, 3.63) is 29.8 Å². The first-order valence-electron chi connectivity index (χ1n) is 4.78. The summed E-state index contributed by atoms with van der Waals surface area (Å²) in [6, 6.07) is 7.43. The van der Waals surface area contributed by atoms with Crippen molar-refractivity contribution in [1.82, 2.24) is 0 Å². The van der Waals surface area contributed by atoms with Crippen LogP contribution in [0.5, 0.6) is 5.75 Å². The number of benzene rings is 1. The molecular weight excluding hydrogens is 230 g/mol. The molecule has 1 aromatic rings. The lowest BCUT2D eigenvalue weighted by atomic mass is 10.0. The fraction of sp³-hybridized carbons (Fsp3) is 0.273. The molecule has 2 rings (SSSR count). The van der Waals surface area contributed by atoms with Gasteiger partial charge in [-0.2, -0.15) is 0 Å². The summed E-state index contributed by atoms with van der Waals surface area (Å²) in [5, 5.41) is 3.31. The molecule has 0 radical (unpaired) electrons. The molecule has 0 aliphatic carbocycles. The van der Waals surface area contributed by atoms with Gasteiger partial charge in [-0.05, 0) is 23.7 Å². The van der Waals surface area contributed by atoms with Gasteiger partial charge in [0.1, 0.15) is 5.75 Å². The van der Waals surface area contributed by atoms with E-state index in [1.807, 2.05) is 24.3 Å². The highest BCUT2D eigenvalue weighted by atomic mass is 35.5. The van der Waals surface area contributed by atoms with Crippen molar-refractivity contribution in [3.63, 3.8) is 0 Å². The number of oxime groups is 1. The number of ether oxygens (including phenoxy) is 1. The summed E-state index contributed by atoms with van der Waals surface area (Å²) in [7, 11) is 1.58. The smallest absolute Gasteiger partial charge is 0.265 e. The number of carbonyl (C=O) groups excluding carboxylic acids is 1. The summed E-state index contributed by atoms with van der Waals surface area (Å²) in [5.74, 6) is 0.701. The van der Waals surface area contributed by atoms with Crippen LogP contribution in [0.2, 0.25) is 0 Å². The van der Waals surface area contributed by atoms with Crippen LogP contribution in [0.15, 0.2) is 29.4 Å². The van der Waals surface area contributed by atoms with Crippen molar-refractivity contribution in [1.29, 1.82) is 0 Å². The number of carbonyl (C=O) groups is 1. The second kappa shape index (κ2) is 4.53. The minimum atomic E-state index is -0.679. The van der Waals surface area contributed by atoms with Crippen molar-refractivity contribution in [2.45, 2.75) is 12.5 Å². The van der Waals surface area contributed by atoms with Gasteiger partial charge in [-0.3, -0.25) is 4.79 Å². The van der Waals surface area contributed by atoms with E-state index in [1.165, 1.54) is 0 Å². The largest absolute Gasteiger partial charge is 0.496 e. The predicted octanol–water partition coefficient (Wildman–Crippen LogP) is 1.95. The first-order chi connectivity index (χ1) is 7.72. The Morgan fingerprint density at radius 1 is 1.56 bits per heavy atom. The molecule has 0 aromatic heterocycles. The Balaban J connectivity index is 2.23. The van der Waals surface area contributed by atoms with E-state index < -0.39 is 11.3 Å². The van der Waals surface area contributed by atoms with Gasteiger partial charge in [0.25, 0.3) is 5.24 Å². The van der Waals surface area contributed by atoms with E-state index in [2.05, 4.69) is 5.16 Å². The molecule has 0 saturated heterocycles. The summed E-state index contributed by atoms with van der Waals surface area (Å²) < 4.78 is 5.20. The van der Waals surface area contributed by atoms with Gasteiger partial charge in [0, 0.05) is 12.0 Å². The van der Waals surface area contributed by atoms with Gasteiger partial charge in [0.2, 0.25) is 6.10 Å². The SMILES string of the molecule is COc1ccccc1C1=NOC(C(=O)Cl)C1. The van der Waals surface area contributed by atoms with Gasteiger partial charge in [-0.1, -0.05) is 17.3 Å². The molecule has 84 valence electrons. The molecule has 16 heavy (non-hydrogen) atoms. The molecule has 1 heterocycles. The quantitative estimate of drug-likeness (QED) is 0.758. The maximum absolute atomic E-state index is 10.9. The van der Waals surface area contributed by atoms with Crippen molar-refractivity contribution < 1.29 is 14.4 Å².